The second kappa shape index (κ2) is 19.5. The number of hydrogen-bond acceptors (Lipinski definition) is 4. The van der Waals surface area contributed by atoms with Crippen molar-refractivity contribution in [2.75, 3.05) is 0 Å². The van der Waals surface area contributed by atoms with Gasteiger partial charge in [-0.2, -0.15) is 5.26 Å². The Morgan fingerprint density at radius 3 is 1.58 bits per heavy atom. The normalized spacial score (nSPS) is 11.8. The summed E-state index contributed by atoms with van der Waals surface area (Å²) in [6.45, 7) is 20.3. The van der Waals surface area contributed by atoms with E-state index in [9.17, 15) is 5.26 Å². The molecule has 0 aliphatic heterocycles. The van der Waals surface area contributed by atoms with E-state index in [4.69, 9.17) is 14.7 Å². The highest BCUT2D eigenvalue weighted by molar-refractivity contribution is 5.96. The van der Waals surface area contributed by atoms with Crippen LogP contribution in [0.2, 0.25) is 0 Å². The minimum atomic E-state index is 0.175. The molecule has 0 saturated heterocycles. The molecule has 6 nitrogen and oxygen atoms in total. The molecular formula is C68H61N5O. The van der Waals surface area contributed by atoms with Crippen molar-refractivity contribution >= 4 is 32.8 Å². The number of para-hydroxylation sites is 2. The summed E-state index contributed by atoms with van der Waals surface area (Å²) < 4.78 is 11.9. The number of hydrogen-bond donors (Lipinski definition) is 0. The molecule has 9 aromatic carbocycles. The number of ether oxygens (including phenoxy) is 1. The van der Waals surface area contributed by atoms with Gasteiger partial charge in [-0.05, 0) is 153 Å². The molecule has 0 bridgehead atoms. The van der Waals surface area contributed by atoms with Crippen molar-refractivity contribution in [1.82, 2.24) is 19.1 Å². The lowest BCUT2D eigenvalue weighted by molar-refractivity contribution is 0.488. The number of nitrogens with zero attached hydrogens (tertiary/aromatic N) is 5. The highest BCUT2D eigenvalue weighted by Gasteiger charge is 2.28. The summed E-state index contributed by atoms with van der Waals surface area (Å²) in [4.78, 5) is 10.9. The first kappa shape index (κ1) is 47.8. The Morgan fingerprint density at radius 1 is 0.459 bits per heavy atom. The van der Waals surface area contributed by atoms with E-state index in [0.717, 1.165) is 61.3 Å². The summed E-state index contributed by atoms with van der Waals surface area (Å²) >= 11 is 0. The van der Waals surface area contributed by atoms with Gasteiger partial charge in [-0.15, -0.1) is 0 Å². The maximum absolute atomic E-state index is 10.6. The molecule has 11 aromatic rings. The van der Waals surface area contributed by atoms with Gasteiger partial charge in [0.2, 0.25) is 0 Å². The number of nitriles is 1. The molecular weight excluding hydrogens is 903 g/mol. The van der Waals surface area contributed by atoms with E-state index >= 15 is 0 Å². The van der Waals surface area contributed by atoms with E-state index in [1.807, 2.05) is 12.1 Å². The van der Waals surface area contributed by atoms with Gasteiger partial charge >= 0.3 is 0 Å². The third-order valence-electron chi connectivity index (χ3n) is 14.6. The first-order valence-electron chi connectivity index (χ1n) is 26.1. The van der Waals surface area contributed by atoms with Crippen molar-refractivity contribution in [2.45, 2.75) is 86.0 Å². The minimum absolute atomic E-state index is 0.175. The van der Waals surface area contributed by atoms with Gasteiger partial charge in [-0.25, -0.2) is 9.97 Å². The van der Waals surface area contributed by atoms with Crippen molar-refractivity contribution < 1.29 is 4.74 Å². The van der Waals surface area contributed by atoms with Crippen LogP contribution < -0.4 is 4.74 Å². The van der Waals surface area contributed by atoms with Crippen LogP contribution in [-0.2, 0) is 0 Å². The lowest BCUT2D eigenvalue weighted by Crippen LogP contribution is -2.10. The van der Waals surface area contributed by atoms with Crippen molar-refractivity contribution in [1.29, 1.82) is 5.26 Å². The molecule has 2 aromatic heterocycles. The Bertz CT molecular complexity index is 3900. The van der Waals surface area contributed by atoms with E-state index in [1.54, 1.807) is 0 Å². The second-order valence-electron chi connectivity index (χ2n) is 21.0. The standard InChI is InChI=1S/C68H61N5O/c1-41(2)56-35-51(46-21-12-10-13-22-46)36-57(42(3)4)65(56)72-61-30-19-18-29-60(61)70-67(72)49-26-20-27-54(34-49)74-62-39-53(33-48-25-16-17-28-55(48)62)68-71-63-50(40-69)32-31-45(9)64(63)73(68)66-58(43(5)6)37-52(38-59(66)44(7)8)47-23-14-11-15-24-47/h10-39,41-44H,1-9H3. The molecule has 11 rings (SSSR count). The third-order valence-corrected chi connectivity index (χ3v) is 14.6. The van der Waals surface area contributed by atoms with Crippen molar-refractivity contribution in [3.63, 3.8) is 0 Å². The molecule has 0 aliphatic carbocycles. The molecule has 2 heterocycles. The Labute approximate surface area is 435 Å². The first-order valence-corrected chi connectivity index (χ1v) is 26.1. The summed E-state index contributed by atoms with van der Waals surface area (Å²) in [5.74, 6) is 3.82. The maximum atomic E-state index is 10.6. The van der Waals surface area contributed by atoms with Crippen molar-refractivity contribution in [2.24, 2.45) is 0 Å². The average Bonchev–Trinajstić information content (AvgIpc) is 4.02. The Balaban J connectivity index is 1.10. The minimum Gasteiger partial charge on any atom is -0.457 e. The molecule has 0 amide bonds. The number of aryl methyl sites for hydroxylation is 1. The molecule has 74 heavy (non-hydrogen) atoms. The summed E-state index contributed by atoms with van der Waals surface area (Å²) in [5, 5.41) is 12.6. The SMILES string of the molecule is Cc1ccc(C#N)c2nc(-c3cc(Oc4cccc(-c5nc6ccccc6n5-c5c(C(C)C)cc(-c6ccccc6)cc5C(C)C)c4)c4ccccc4c3)n(-c3c(C(C)C)cc(-c4ccccc4)cc3C(C)C)c12. The van der Waals surface area contributed by atoms with Crippen LogP contribution in [0.1, 0.15) is 112 Å². The van der Waals surface area contributed by atoms with Gasteiger partial charge in [0.25, 0.3) is 0 Å². The van der Waals surface area contributed by atoms with E-state index in [-0.39, 0.29) is 23.7 Å². The van der Waals surface area contributed by atoms with Crippen LogP contribution in [0, 0.1) is 18.3 Å². The summed E-state index contributed by atoms with van der Waals surface area (Å²) in [5.41, 5.74) is 19.0. The number of aromatic nitrogens is 4. The third kappa shape index (κ3) is 8.52. The zero-order valence-electron chi connectivity index (χ0n) is 43.8. The van der Waals surface area contributed by atoms with Gasteiger partial charge in [-0.1, -0.05) is 171 Å². The highest BCUT2D eigenvalue weighted by atomic mass is 16.5. The molecule has 0 fully saturated rings. The molecule has 0 atom stereocenters. The highest BCUT2D eigenvalue weighted by Crippen LogP contribution is 2.45. The Hall–Kier alpha value is -8.53. The molecule has 0 unspecified atom stereocenters. The molecule has 0 N–H and O–H groups in total. The largest absolute Gasteiger partial charge is 0.457 e. The summed E-state index contributed by atoms with van der Waals surface area (Å²) in [6.07, 6.45) is 0. The van der Waals surface area contributed by atoms with Crippen LogP contribution >= 0.6 is 0 Å². The van der Waals surface area contributed by atoms with E-state index in [0.29, 0.717) is 22.6 Å². The van der Waals surface area contributed by atoms with Crippen LogP contribution in [0.3, 0.4) is 0 Å². The molecule has 0 radical (unpaired) electrons. The van der Waals surface area contributed by atoms with Crippen LogP contribution in [0.15, 0.2) is 182 Å². The number of fused-ring (bicyclic) bond motifs is 3. The van der Waals surface area contributed by atoms with Crippen molar-refractivity contribution in [3.8, 4) is 74.0 Å². The lowest BCUT2D eigenvalue weighted by Gasteiger charge is -2.25. The quantitative estimate of drug-likeness (QED) is 0.122. The van der Waals surface area contributed by atoms with Gasteiger partial charge in [0.1, 0.15) is 34.7 Å². The molecule has 0 aliphatic rings. The lowest BCUT2D eigenvalue weighted by atomic mass is 9.88. The van der Waals surface area contributed by atoms with Crippen LogP contribution in [-0.4, -0.2) is 19.1 Å². The smallest absolute Gasteiger partial charge is 0.145 e. The number of imidazole rings is 2. The number of benzene rings is 9. The van der Waals surface area contributed by atoms with E-state index in [1.165, 1.54) is 50.2 Å². The monoisotopic (exact) mass is 963 g/mol. The fourth-order valence-corrected chi connectivity index (χ4v) is 10.8. The van der Waals surface area contributed by atoms with Gasteiger partial charge in [0.15, 0.2) is 0 Å². The van der Waals surface area contributed by atoms with E-state index < -0.39 is 0 Å². The predicted octanol–water partition coefficient (Wildman–Crippen LogP) is 18.7. The molecule has 364 valence electrons. The zero-order chi connectivity index (χ0) is 51.4. The van der Waals surface area contributed by atoms with Crippen LogP contribution in [0.5, 0.6) is 11.5 Å². The van der Waals surface area contributed by atoms with Gasteiger partial charge in [-0.3, -0.25) is 9.13 Å². The van der Waals surface area contributed by atoms with Crippen molar-refractivity contribution in [3.05, 3.63) is 215 Å². The fraction of sp³-hybridized carbons (Fsp3) is 0.191. The summed E-state index contributed by atoms with van der Waals surface area (Å²) in [6, 6.07) is 66.8. The Kier molecular flexibility index (Phi) is 12.6. The van der Waals surface area contributed by atoms with Gasteiger partial charge < -0.3 is 4.74 Å². The first-order chi connectivity index (χ1) is 35.9. The summed E-state index contributed by atoms with van der Waals surface area (Å²) in [7, 11) is 0. The maximum Gasteiger partial charge on any atom is 0.145 e. The Morgan fingerprint density at radius 2 is 0.986 bits per heavy atom. The molecule has 0 spiro atoms. The van der Waals surface area contributed by atoms with E-state index in [2.05, 4.69) is 247 Å². The fourth-order valence-electron chi connectivity index (χ4n) is 10.8. The topological polar surface area (TPSA) is 68.7 Å². The van der Waals surface area contributed by atoms with Gasteiger partial charge in [0, 0.05) is 16.5 Å². The predicted molar refractivity (Wildman–Crippen MR) is 307 cm³/mol. The number of rotatable bonds is 12. The molecule has 6 heteroatoms. The molecule has 0 saturated carbocycles. The van der Waals surface area contributed by atoms with Crippen LogP contribution in [0.4, 0.5) is 0 Å². The zero-order valence-corrected chi connectivity index (χ0v) is 43.8. The van der Waals surface area contributed by atoms with Gasteiger partial charge in [0.05, 0.1) is 33.5 Å². The van der Waals surface area contributed by atoms with Crippen LogP contribution in [0.25, 0.3) is 89.2 Å². The second-order valence-corrected chi connectivity index (χ2v) is 21.0. The average molecular weight is 964 g/mol.